The van der Waals surface area contributed by atoms with Crippen LogP contribution in [-0.2, 0) is 19.1 Å². The van der Waals surface area contributed by atoms with Crippen LogP contribution < -0.4 is 20.1 Å². The maximum absolute atomic E-state index is 11.7. The highest BCUT2D eigenvalue weighted by atomic mass is 16.5. The van der Waals surface area contributed by atoms with Crippen molar-refractivity contribution in [2.24, 2.45) is 0 Å². The number of ether oxygens (including phenoxy) is 3. The first kappa shape index (κ1) is 20.0. The van der Waals surface area contributed by atoms with Crippen LogP contribution >= 0.6 is 0 Å². The fourth-order valence-corrected chi connectivity index (χ4v) is 1.79. The van der Waals surface area contributed by atoms with Crippen molar-refractivity contribution in [2.45, 2.75) is 6.92 Å². The van der Waals surface area contributed by atoms with Crippen LogP contribution in [0.3, 0.4) is 0 Å². The summed E-state index contributed by atoms with van der Waals surface area (Å²) in [4.78, 5) is 34.3. The van der Waals surface area contributed by atoms with Gasteiger partial charge in [0, 0.05) is 24.3 Å². The average molecular weight is 350 g/mol. The summed E-state index contributed by atoms with van der Waals surface area (Å²) in [7, 11) is 3.04. The Morgan fingerprint density at radius 2 is 1.84 bits per heavy atom. The third-order valence-electron chi connectivity index (χ3n) is 3.01. The lowest BCUT2D eigenvalue weighted by Gasteiger charge is -2.07. The van der Waals surface area contributed by atoms with E-state index in [1.807, 2.05) is 0 Å². The van der Waals surface area contributed by atoms with Gasteiger partial charge in [-0.25, -0.2) is 4.79 Å². The maximum atomic E-state index is 11.7. The monoisotopic (exact) mass is 350 g/mol. The number of hydrogen-bond acceptors (Lipinski definition) is 6. The summed E-state index contributed by atoms with van der Waals surface area (Å²) >= 11 is 0. The van der Waals surface area contributed by atoms with Gasteiger partial charge in [-0.05, 0) is 25.1 Å². The lowest BCUT2D eigenvalue weighted by atomic mass is 10.2. The molecule has 8 nitrogen and oxygen atoms in total. The second-order valence-electron chi connectivity index (χ2n) is 4.78. The Balaban J connectivity index is 2.47. The molecule has 0 saturated heterocycles. The number of rotatable bonds is 9. The van der Waals surface area contributed by atoms with Gasteiger partial charge in [0.25, 0.3) is 5.91 Å². The Hall–Kier alpha value is -3.03. The third kappa shape index (κ3) is 7.38. The van der Waals surface area contributed by atoms with E-state index >= 15 is 0 Å². The fraction of sp³-hybridized carbons (Fsp3) is 0.353. The molecule has 1 rings (SSSR count). The van der Waals surface area contributed by atoms with Gasteiger partial charge in [0.2, 0.25) is 5.91 Å². The molecule has 0 unspecified atom stereocenters. The molecule has 0 aliphatic rings. The van der Waals surface area contributed by atoms with Crippen LogP contribution in [0, 0.1) is 0 Å². The van der Waals surface area contributed by atoms with Crippen LogP contribution in [0.5, 0.6) is 11.5 Å². The molecule has 0 aromatic heterocycles. The van der Waals surface area contributed by atoms with Gasteiger partial charge in [-0.15, -0.1) is 0 Å². The molecular formula is C17H22N2O6. The van der Waals surface area contributed by atoms with E-state index in [-0.39, 0.29) is 12.5 Å². The van der Waals surface area contributed by atoms with Crippen LogP contribution in [0.1, 0.15) is 12.5 Å². The zero-order valence-electron chi connectivity index (χ0n) is 14.5. The molecule has 25 heavy (non-hydrogen) atoms. The number of likely N-dealkylation sites (N-methyl/N-ethyl adjacent to an activating group) is 1. The standard InChI is InChI=1S/C17H22N2O6/c1-4-18-15(20)10-19-16(21)11-25-17(22)8-6-12-5-7-13(23-2)9-14(12)24-3/h5-9H,4,10-11H2,1-3H3,(H,18,20)(H,19,21)/b8-6+. The minimum absolute atomic E-state index is 0.164. The molecule has 0 atom stereocenters. The van der Waals surface area contributed by atoms with E-state index in [4.69, 9.17) is 14.2 Å². The molecule has 0 aliphatic carbocycles. The quantitative estimate of drug-likeness (QED) is 0.497. The Bertz CT molecular complexity index is 642. The van der Waals surface area contributed by atoms with Gasteiger partial charge in [0.05, 0.1) is 20.8 Å². The van der Waals surface area contributed by atoms with Crippen molar-refractivity contribution >= 4 is 23.9 Å². The lowest BCUT2D eigenvalue weighted by Crippen LogP contribution is -2.38. The van der Waals surface area contributed by atoms with E-state index in [1.165, 1.54) is 19.3 Å². The van der Waals surface area contributed by atoms with Crippen LogP contribution in [0.15, 0.2) is 24.3 Å². The van der Waals surface area contributed by atoms with Gasteiger partial charge in [-0.1, -0.05) is 0 Å². The summed E-state index contributed by atoms with van der Waals surface area (Å²) in [5.41, 5.74) is 0.654. The minimum atomic E-state index is -0.689. The summed E-state index contributed by atoms with van der Waals surface area (Å²) in [6, 6.07) is 5.13. The second kappa shape index (κ2) is 10.7. The molecule has 2 N–H and O–H groups in total. The lowest BCUT2D eigenvalue weighted by molar-refractivity contribution is -0.143. The van der Waals surface area contributed by atoms with Crippen LogP contribution in [0.4, 0.5) is 0 Å². The third-order valence-corrected chi connectivity index (χ3v) is 3.01. The van der Waals surface area contributed by atoms with Crippen molar-refractivity contribution in [1.29, 1.82) is 0 Å². The number of carbonyl (C=O) groups is 3. The molecule has 0 radical (unpaired) electrons. The van der Waals surface area contributed by atoms with Crippen LogP contribution in [0.25, 0.3) is 6.08 Å². The van der Waals surface area contributed by atoms with Crippen molar-refractivity contribution in [3.05, 3.63) is 29.8 Å². The highest BCUT2D eigenvalue weighted by Gasteiger charge is 2.08. The maximum Gasteiger partial charge on any atom is 0.331 e. The highest BCUT2D eigenvalue weighted by molar-refractivity contribution is 5.90. The summed E-state index contributed by atoms with van der Waals surface area (Å²) in [5, 5.41) is 4.87. The number of methoxy groups -OCH3 is 2. The minimum Gasteiger partial charge on any atom is -0.497 e. The Labute approximate surface area is 146 Å². The Morgan fingerprint density at radius 1 is 1.08 bits per heavy atom. The molecule has 1 aromatic rings. The largest absolute Gasteiger partial charge is 0.497 e. The molecule has 0 heterocycles. The van der Waals surface area contributed by atoms with Crippen molar-refractivity contribution in [3.63, 3.8) is 0 Å². The molecule has 0 bridgehead atoms. The fourth-order valence-electron chi connectivity index (χ4n) is 1.79. The molecular weight excluding hydrogens is 328 g/mol. The van der Waals surface area contributed by atoms with Crippen molar-refractivity contribution in [3.8, 4) is 11.5 Å². The zero-order valence-corrected chi connectivity index (χ0v) is 14.5. The number of amides is 2. The van der Waals surface area contributed by atoms with E-state index in [1.54, 1.807) is 32.2 Å². The molecule has 8 heteroatoms. The first-order valence-corrected chi connectivity index (χ1v) is 7.60. The van der Waals surface area contributed by atoms with Gasteiger partial charge >= 0.3 is 5.97 Å². The second-order valence-corrected chi connectivity index (χ2v) is 4.78. The normalized spacial score (nSPS) is 10.2. The number of esters is 1. The first-order valence-electron chi connectivity index (χ1n) is 7.60. The van der Waals surface area contributed by atoms with E-state index in [0.29, 0.717) is 23.6 Å². The van der Waals surface area contributed by atoms with Gasteiger partial charge < -0.3 is 24.8 Å². The highest BCUT2D eigenvalue weighted by Crippen LogP contribution is 2.25. The molecule has 2 amide bonds. The summed E-state index contributed by atoms with van der Waals surface area (Å²) < 4.78 is 15.1. The summed E-state index contributed by atoms with van der Waals surface area (Å²) in [6.07, 6.45) is 2.69. The number of hydrogen-bond donors (Lipinski definition) is 2. The molecule has 0 saturated carbocycles. The smallest absolute Gasteiger partial charge is 0.331 e. The number of benzene rings is 1. The van der Waals surface area contributed by atoms with Gasteiger partial charge in [0.1, 0.15) is 11.5 Å². The van der Waals surface area contributed by atoms with Crippen LogP contribution in [0.2, 0.25) is 0 Å². The number of nitrogens with one attached hydrogen (secondary N) is 2. The van der Waals surface area contributed by atoms with E-state index in [2.05, 4.69) is 10.6 Å². The van der Waals surface area contributed by atoms with Gasteiger partial charge in [0.15, 0.2) is 6.61 Å². The average Bonchev–Trinajstić information content (AvgIpc) is 2.62. The summed E-state index contributed by atoms with van der Waals surface area (Å²) in [6.45, 7) is 1.61. The Morgan fingerprint density at radius 3 is 2.48 bits per heavy atom. The molecule has 0 fully saturated rings. The van der Waals surface area contributed by atoms with Gasteiger partial charge in [-0.2, -0.15) is 0 Å². The molecule has 136 valence electrons. The number of carbonyl (C=O) groups excluding carboxylic acids is 3. The Kier molecular flexibility index (Phi) is 8.56. The molecule has 0 spiro atoms. The molecule has 0 aliphatic heterocycles. The van der Waals surface area contributed by atoms with E-state index < -0.39 is 18.5 Å². The predicted octanol–water partition coefficient (Wildman–Crippen LogP) is 0.513. The van der Waals surface area contributed by atoms with Crippen molar-refractivity contribution < 1.29 is 28.6 Å². The summed E-state index contributed by atoms with van der Waals surface area (Å²) in [5.74, 6) is -0.404. The topological polar surface area (TPSA) is 103 Å². The van der Waals surface area contributed by atoms with Gasteiger partial charge in [-0.3, -0.25) is 9.59 Å². The first-order chi connectivity index (χ1) is 12.0. The molecule has 1 aromatic carbocycles. The van der Waals surface area contributed by atoms with Crippen molar-refractivity contribution in [2.75, 3.05) is 33.9 Å². The van der Waals surface area contributed by atoms with E-state index in [0.717, 1.165) is 0 Å². The van der Waals surface area contributed by atoms with E-state index in [9.17, 15) is 14.4 Å². The zero-order chi connectivity index (χ0) is 18.7. The SMILES string of the molecule is CCNC(=O)CNC(=O)COC(=O)/C=C/c1ccc(OC)cc1OC. The predicted molar refractivity (Wildman–Crippen MR) is 91.2 cm³/mol. The van der Waals surface area contributed by atoms with Crippen LogP contribution in [-0.4, -0.2) is 51.7 Å². The van der Waals surface area contributed by atoms with Crippen molar-refractivity contribution in [1.82, 2.24) is 10.6 Å².